The number of pyridine rings is 2. The molecule has 0 atom stereocenters. The molecule has 3 heterocycles. The van der Waals surface area contributed by atoms with Crippen molar-refractivity contribution in [3.63, 3.8) is 0 Å². The van der Waals surface area contributed by atoms with Crippen LogP contribution in [0.3, 0.4) is 0 Å². The van der Waals surface area contributed by atoms with E-state index in [0.29, 0.717) is 28.2 Å². The van der Waals surface area contributed by atoms with Crippen molar-refractivity contribution in [2.24, 2.45) is 0 Å². The van der Waals surface area contributed by atoms with E-state index in [1.165, 1.54) is 12.1 Å². The van der Waals surface area contributed by atoms with Crippen LogP contribution in [0.2, 0.25) is 0 Å². The van der Waals surface area contributed by atoms with Crippen molar-refractivity contribution >= 4 is 5.95 Å². The lowest BCUT2D eigenvalue weighted by Crippen LogP contribution is -2.04. The summed E-state index contributed by atoms with van der Waals surface area (Å²) in [6, 6.07) is 14.2. The molecule has 30 heavy (non-hydrogen) atoms. The van der Waals surface area contributed by atoms with Crippen LogP contribution in [0.15, 0.2) is 67.0 Å². The van der Waals surface area contributed by atoms with Crippen LogP contribution in [0.1, 0.15) is 11.3 Å². The molecule has 8 heteroatoms. The highest BCUT2D eigenvalue weighted by Crippen LogP contribution is 2.32. The number of halogens is 3. The molecule has 0 radical (unpaired) electrons. The van der Waals surface area contributed by atoms with Gasteiger partial charge in [-0.3, -0.25) is 4.98 Å². The van der Waals surface area contributed by atoms with Gasteiger partial charge in [0.15, 0.2) is 0 Å². The predicted molar refractivity (Wildman–Crippen MR) is 108 cm³/mol. The molecule has 5 nitrogen and oxygen atoms in total. The molecule has 0 aliphatic rings. The van der Waals surface area contributed by atoms with Gasteiger partial charge in [-0.15, -0.1) is 0 Å². The van der Waals surface area contributed by atoms with Crippen molar-refractivity contribution in [1.29, 1.82) is 0 Å². The summed E-state index contributed by atoms with van der Waals surface area (Å²) in [6.07, 6.45) is -1.19. The number of aryl methyl sites for hydroxylation is 1. The first-order chi connectivity index (χ1) is 14.3. The van der Waals surface area contributed by atoms with Crippen LogP contribution >= 0.6 is 0 Å². The van der Waals surface area contributed by atoms with Gasteiger partial charge in [0.2, 0.25) is 5.95 Å². The van der Waals surface area contributed by atoms with Gasteiger partial charge in [-0.05, 0) is 54.4 Å². The van der Waals surface area contributed by atoms with Gasteiger partial charge in [-0.25, -0.2) is 15.0 Å². The Hall–Kier alpha value is -3.81. The topological polar surface area (TPSA) is 77.6 Å². The van der Waals surface area contributed by atoms with E-state index < -0.39 is 11.7 Å². The Kier molecular flexibility index (Phi) is 4.91. The number of nitrogens with two attached hydrogens (primary N) is 1. The molecule has 0 bridgehead atoms. The third-order valence-electron chi connectivity index (χ3n) is 4.48. The van der Waals surface area contributed by atoms with Crippen molar-refractivity contribution in [3.05, 3.63) is 78.2 Å². The van der Waals surface area contributed by atoms with E-state index in [9.17, 15) is 13.2 Å². The molecule has 0 fully saturated rings. The first kappa shape index (κ1) is 19.5. The number of nitrogen functional groups attached to an aromatic ring is 1. The molecular weight excluding hydrogens is 391 g/mol. The van der Waals surface area contributed by atoms with Crippen molar-refractivity contribution in [3.8, 4) is 33.8 Å². The molecule has 0 aliphatic heterocycles. The van der Waals surface area contributed by atoms with E-state index in [1.807, 2.05) is 31.2 Å². The average molecular weight is 407 g/mol. The van der Waals surface area contributed by atoms with Gasteiger partial charge in [0.25, 0.3) is 0 Å². The zero-order valence-corrected chi connectivity index (χ0v) is 15.9. The van der Waals surface area contributed by atoms with E-state index in [0.717, 1.165) is 23.4 Å². The molecule has 0 amide bonds. The van der Waals surface area contributed by atoms with E-state index in [2.05, 4.69) is 19.9 Å². The van der Waals surface area contributed by atoms with Crippen molar-refractivity contribution < 1.29 is 13.2 Å². The zero-order valence-electron chi connectivity index (χ0n) is 15.9. The third-order valence-corrected chi connectivity index (χ3v) is 4.48. The molecule has 0 spiro atoms. The molecule has 4 rings (SSSR count). The number of anilines is 1. The van der Waals surface area contributed by atoms with Gasteiger partial charge in [0, 0.05) is 23.7 Å². The van der Waals surface area contributed by atoms with E-state index >= 15 is 0 Å². The molecule has 2 N–H and O–H groups in total. The van der Waals surface area contributed by atoms with Crippen molar-refractivity contribution in [2.75, 3.05) is 5.73 Å². The lowest BCUT2D eigenvalue weighted by Gasteiger charge is -2.10. The predicted octanol–water partition coefficient (Wildman–Crippen LogP) is 5.18. The maximum Gasteiger partial charge on any atom is 0.416 e. The summed E-state index contributed by atoms with van der Waals surface area (Å²) in [5.74, 6) is 0.177. The standard InChI is InChI=1S/C22H16F3N5/c1-13-9-15(14-5-7-17(8-6-14)22(23,24)25)10-20(29-13)19-4-2-3-18(30-19)16-11-27-21(26)28-12-16/h2-12H,1H3,(H2,26,27,28). The molecule has 0 unspecified atom stereocenters. The largest absolute Gasteiger partial charge is 0.416 e. The molecule has 0 saturated heterocycles. The smallest absolute Gasteiger partial charge is 0.368 e. The Bertz CT molecular complexity index is 1190. The molecule has 1 aromatic carbocycles. The second-order valence-corrected chi connectivity index (χ2v) is 6.70. The van der Waals surface area contributed by atoms with E-state index in [1.54, 1.807) is 18.5 Å². The van der Waals surface area contributed by atoms with Gasteiger partial charge < -0.3 is 5.73 Å². The average Bonchev–Trinajstić information content (AvgIpc) is 2.73. The minimum absolute atomic E-state index is 0.177. The Morgan fingerprint density at radius 3 is 2.07 bits per heavy atom. The van der Waals surface area contributed by atoms with Gasteiger partial charge in [0.05, 0.1) is 22.6 Å². The van der Waals surface area contributed by atoms with Gasteiger partial charge in [-0.1, -0.05) is 18.2 Å². The van der Waals surface area contributed by atoms with Crippen LogP contribution in [0.25, 0.3) is 33.8 Å². The Morgan fingerprint density at radius 2 is 1.40 bits per heavy atom. The van der Waals surface area contributed by atoms with Crippen molar-refractivity contribution in [2.45, 2.75) is 13.1 Å². The van der Waals surface area contributed by atoms with Crippen molar-refractivity contribution in [1.82, 2.24) is 19.9 Å². The quantitative estimate of drug-likeness (QED) is 0.507. The van der Waals surface area contributed by atoms with Crippen LogP contribution in [-0.2, 0) is 6.18 Å². The molecule has 0 saturated carbocycles. The number of nitrogens with zero attached hydrogens (tertiary/aromatic N) is 4. The lowest BCUT2D eigenvalue weighted by molar-refractivity contribution is -0.137. The Morgan fingerprint density at radius 1 is 0.733 bits per heavy atom. The fourth-order valence-corrected chi connectivity index (χ4v) is 3.03. The third kappa shape index (κ3) is 4.12. The first-order valence-electron chi connectivity index (χ1n) is 9.01. The minimum atomic E-state index is -4.37. The van der Waals surface area contributed by atoms with Gasteiger partial charge in [0.1, 0.15) is 0 Å². The summed E-state index contributed by atoms with van der Waals surface area (Å²) in [4.78, 5) is 17.1. The zero-order chi connectivity index (χ0) is 21.3. The van der Waals surface area contributed by atoms with E-state index in [4.69, 9.17) is 5.73 Å². The lowest BCUT2D eigenvalue weighted by atomic mass is 10.0. The normalized spacial score (nSPS) is 11.5. The van der Waals surface area contributed by atoms with Crippen LogP contribution < -0.4 is 5.73 Å². The van der Waals surface area contributed by atoms with Crippen LogP contribution in [0, 0.1) is 6.92 Å². The number of alkyl halides is 3. The number of benzene rings is 1. The first-order valence-corrected chi connectivity index (χ1v) is 9.01. The Labute approximate surface area is 170 Å². The summed E-state index contributed by atoms with van der Waals surface area (Å²) < 4.78 is 38.5. The second-order valence-electron chi connectivity index (χ2n) is 6.70. The Balaban J connectivity index is 1.72. The number of hydrogen-bond donors (Lipinski definition) is 1. The number of aromatic nitrogens is 4. The summed E-state index contributed by atoms with van der Waals surface area (Å²) in [7, 11) is 0. The summed E-state index contributed by atoms with van der Waals surface area (Å²) in [6.45, 7) is 1.83. The highest BCUT2D eigenvalue weighted by Gasteiger charge is 2.30. The molecular formula is C22H16F3N5. The summed E-state index contributed by atoms with van der Waals surface area (Å²) >= 11 is 0. The van der Waals surface area contributed by atoms with Gasteiger partial charge >= 0.3 is 6.18 Å². The van der Waals surface area contributed by atoms with Crippen LogP contribution in [-0.4, -0.2) is 19.9 Å². The van der Waals surface area contributed by atoms with E-state index in [-0.39, 0.29) is 5.95 Å². The van der Waals surface area contributed by atoms with Gasteiger partial charge in [-0.2, -0.15) is 13.2 Å². The second kappa shape index (κ2) is 7.55. The summed E-state index contributed by atoms with van der Waals surface area (Å²) in [5.41, 5.74) is 9.61. The maximum absolute atomic E-state index is 12.8. The molecule has 150 valence electrons. The molecule has 4 aromatic rings. The monoisotopic (exact) mass is 407 g/mol. The summed E-state index contributed by atoms with van der Waals surface area (Å²) in [5, 5.41) is 0. The maximum atomic E-state index is 12.8. The fourth-order valence-electron chi connectivity index (χ4n) is 3.03. The number of rotatable bonds is 3. The van der Waals surface area contributed by atoms with Crippen LogP contribution in [0.5, 0.6) is 0 Å². The fraction of sp³-hybridized carbons (Fsp3) is 0.0909. The van der Waals surface area contributed by atoms with Crippen LogP contribution in [0.4, 0.5) is 19.1 Å². The highest BCUT2D eigenvalue weighted by molar-refractivity contribution is 5.71. The minimum Gasteiger partial charge on any atom is -0.368 e. The number of hydrogen-bond acceptors (Lipinski definition) is 5. The molecule has 3 aromatic heterocycles. The SMILES string of the molecule is Cc1cc(-c2ccc(C(F)(F)F)cc2)cc(-c2cccc(-c3cnc(N)nc3)n2)n1. The highest BCUT2D eigenvalue weighted by atomic mass is 19.4. The molecule has 0 aliphatic carbocycles.